The third-order valence-electron chi connectivity index (χ3n) is 3.43. The number of rotatable bonds is 14. The Labute approximate surface area is 189 Å². The summed E-state index contributed by atoms with van der Waals surface area (Å²) < 4.78 is 61.8. The van der Waals surface area contributed by atoms with Crippen molar-refractivity contribution < 1.29 is 31.5 Å². The van der Waals surface area contributed by atoms with Crippen LogP contribution in [0.2, 0.25) is 0 Å². The Morgan fingerprint density at radius 3 is 2.17 bits per heavy atom. The van der Waals surface area contributed by atoms with E-state index in [0.717, 1.165) is 11.3 Å². The Balaban J connectivity index is 2.30. The molecule has 2 rings (SSSR count). The van der Waals surface area contributed by atoms with Gasteiger partial charge in [-0.25, -0.2) is 13.4 Å². The van der Waals surface area contributed by atoms with Gasteiger partial charge in [-0.3, -0.25) is 4.57 Å². The molecule has 0 amide bonds. The van der Waals surface area contributed by atoms with E-state index in [1.807, 2.05) is 0 Å². The molecule has 0 aliphatic heterocycles. The van der Waals surface area contributed by atoms with Crippen LogP contribution in [0.3, 0.4) is 0 Å². The first-order valence-electron chi connectivity index (χ1n) is 8.98. The first-order valence-corrected chi connectivity index (χ1v) is 14.1. The lowest BCUT2D eigenvalue weighted by Gasteiger charge is -2.16. The van der Waals surface area contributed by atoms with Gasteiger partial charge in [-0.1, -0.05) is 0 Å². The van der Waals surface area contributed by atoms with Crippen molar-refractivity contribution in [2.24, 2.45) is 0 Å². The largest absolute Gasteiger partial charge is 0.488 e. The molecule has 1 heterocycles. The smallest absolute Gasteiger partial charge is 0.345 e. The fourth-order valence-electron chi connectivity index (χ4n) is 2.30. The van der Waals surface area contributed by atoms with Crippen LogP contribution < -0.4 is 14.2 Å². The second-order valence-corrected chi connectivity index (χ2v) is 11.4. The Morgan fingerprint density at radius 1 is 1.07 bits per heavy atom. The maximum absolute atomic E-state index is 12.7. The van der Waals surface area contributed by atoms with Crippen molar-refractivity contribution in [2.75, 3.05) is 44.5 Å². The molecule has 1 N–H and O–H groups in total. The van der Waals surface area contributed by atoms with Crippen LogP contribution in [-0.4, -0.2) is 57.9 Å². The van der Waals surface area contributed by atoms with Gasteiger partial charge in [0.2, 0.25) is 4.34 Å². The zero-order chi connectivity index (χ0) is 22.2. The second-order valence-electron chi connectivity index (χ2n) is 5.57. The van der Waals surface area contributed by atoms with Crippen molar-refractivity contribution in [3.05, 3.63) is 12.1 Å². The van der Waals surface area contributed by atoms with Crippen LogP contribution in [0.15, 0.2) is 16.5 Å². The predicted molar refractivity (Wildman–Crippen MR) is 118 cm³/mol. The molecule has 0 aliphatic carbocycles. The van der Waals surface area contributed by atoms with Crippen molar-refractivity contribution in [3.8, 4) is 11.5 Å². The summed E-state index contributed by atoms with van der Waals surface area (Å²) >= 11 is 12.3. The third kappa shape index (κ3) is 6.93. The van der Waals surface area contributed by atoms with Crippen LogP contribution >= 0.6 is 42.1 Å². The van der Waals surface area contributed by atoms with Crippen LogP contribution in [0.5, 0.6) is 11.5 Å². The molecule has 0 saturated heterocycles. The van der Waals surface area contributed by atoms with Crippen LogP contribution in [0, 0.1) is 0 Å². The number of hydrogen-bond donors (Lipinski definition) is 1. The van der Waals surface area contributed by atoms with Crippen LogP contribution in [0.1, 0.15) is 13.8 Å². The third-order valence-corrected chi connectivity index (χ3v) is 8.60. The number of ether oxygens (including phenoxy) is 2. The molecule has 0 aliphatic rings. The van der Waals surface area contributed by atoms with E-state index in [9.17, 15) is 13.0 Å². The summed E-state index contributed by atoms with van der Waals surface area (Å²) in [5.41, 5.74) is 0.404. The first-order chi connectivity index (χ1) is 14.3. The number of halogens is 2. The highest BCUT2D eigenvalue weighted by atomic mass is 35.5. The molecule has 9 nitrogen and oxygen atoms in total. The molecule has 14 heteroatoms. The van der Waals surface area contributed by atoms with Gasteiger partial charge in [0.05, 0.1) is 35.2 Å². The van der Waals surface area contributed by atoms with E-state index in [4.69, 9.17) is 41.7 Å². The van der Waals surface area contributed by atoms with Crippen molar-refractivity contribution in [2.45, 2.75) is 18.2 Å². The molecule has 170 valence electrons. The summed E-state index contributed by atoms with van der Waals surface area (Å²) in [7, 11) is -7.64. The van der Waals surface area contributed by atoms with Gasteiger partial charge in [-0.05, 0) is 13.8 Å². The van der Waals surface area contributed by atoms with Gasteiger partial charge in [0.25, 0.3) is 10.0 Å². The van der Waals surface area contributed by atoms with Gasteiger partial charge < -0.3 is 18.5 Å². The highest BCUT2D eigenvalue weighted by molar-refractivity contribution is 7.91. The lowest BCUT2D eigenvalue weighted by atomic mass is 10.3. The van der Waals surface area contributed by atoms with Crippen LogP contribution in [-0.2, 0) is 23.6 Å². The number of fused-ring (bicyclic) bond motifs is 1. The summed E-state index contributed by atoms with van der Waals surface area (Å²) in [4.78, 5) is 4.17. The highest BCUT2D eigenvalue weighted by Gasteiger charge is 2.29. The molecule has 30 heavy (non-hydrogen) atoms. The maximum atomic E-state index is 12.7. The van der Waals surface area contributed by atoms with Gasteiger partial charge in [-0.2, -0.15) is 4.72 Å². The summed E-state index contributed by atoms with van der Waals surface area (Å²) in [5, 5.41) is 0. The highest BCUT2D eigenvalue weighted by Crippen LogP contribution is 2.47. The molecule has 1 aromatic carbocycles. The lowest BCUT2D eigenvalue weighted by Crippen LogP contribution is -2.25. The molecule has 0 atom stereocenters. The van der Waals surface area contributed by atoms with Gasteiger partial charge >= 0.3 is 7.60 Å². The van der Waals surface area contributed by atoms with Gasteiger partial charge in [-0.15, -0.1) is 34.5 Å². The van der Waals surface area contributed by atoms with Gasteiger partial charge in [0.15, 0.2) is 11.5 Å². The molecule has 0 fully saturated rings. The normalized spacial score (nSPS) is 12.4. The monoisotopic (exact) mass is 520 g/mol. The number of alkyl halides is 2. The number of sulfonamides is 1. The molecule has 0 unspecified atom stereocenters. The predicted octanol–water partition coefficient (Wildman–Crippen LogP) is 4.03. The van der Waals surface area contributed by atoms with Crippen LogP contribution in [0.4, 0.5) is 0 Å². The van der Waals surface area contributed by atoms with Crippen molar-refractivity contribution >= 4 is 62.4 Å². The molecular weight excluding hydrogens is 498 g/mol. The summed E-state index contributed by atoms with van der Waals surface area (Å²) in [6.45, 7) is 4.01. The molecule has 0 spiro atoms. The molecule has 2 aromatic rings. The summed E-state index contributed by atoms with van der Waals surface area (Å²) in [6.07, 6.45) is -0.499. The fourth-order valence-corrected chi connectivity index (χ4v) is 6.74. The topological polar surface area (TPSA) is 113 Å². The van der Waals surface area contributed by atoms with Gasteiger partial charge in [0.1, 0.15) is 19.5 Å². The van der Waals surface area contributed by atoms with E-state index in [1.165, 1.54) is 0 Å². The first kappa shape index (κ1) is 25.6. The lowest BCUT2D eigenvalue weighted by molar-refractivity contribution is 0.219. The average Bonchev–Trinajstić information content (AvgIpc) is 3.13. The minimum atomic E-state index is -4.05. The van der Waals surface area contributed by atoms with E-state index in [0.29, 0.717) is 21.7 Å². The molecule has 0 bridgehead atoms. The average molecular weight is 521 g/mol. The summed E-state index contributed by atoms with van der Waals surface area (Å²) in [5.74, 6) is 1.34. The molecule has 0 radical (unpaired) electrons. The van der Waals surface area contributed by atoms with Crippen LogP contribution in [0.25, 0.3) is 10.2 Å². The minimum absolute atomic E-state index is 0.121. The molecular formula is C16H23Cl2N2O7PS2. The summed E-state index contributed by atoms with van der Waals surface area (Å²) in [6, 6.07) is 3.21. The SMILES string of the molecule is CCOP(=O)(CNS(=O)(=O)c1nc2cc(OCCCl)c(OCCCl)cc2s1)OCC. The molecule has 0 saturated carbocycles. The Bertz CT molecular complexity index is 932. The van der Waals surface area contributed by atoms with E-state index < -0.39 is 23.9 Å². The maximum Gasteiger partial charge on any atom is 0.345 e. The van der Waals surface area contributed by atoms with E-state index in [2.05, 4.69) is 9.71 Å². The Morgan fingerprint density at radius 2 is 1.63 bits per heavy atom. The number of nitrogens with zero attached hydrogens (tertiary/aromatic N) is 1. The zero-order valence-electron chi connectivity index (χ0n) is 16.4. The number of hydrogen-bond acceptors (Lipinski definition) is 9. The number of thiazole rings is 1. The standard InChI is InChI=1S/C16H23Cl2N2O7PS2/c1-3-26-28(21,27-4-2)11-19-30(22,23)16-20-12-9-13(24-7-5-17)14(25-8-6-18)10-15(12)29-16/h9-10,19H,3-8,11H2,1-2H3. The number of aromatic nitrogens is 1. The zero-order valence-corrected chi connectivity index (χ0v) is 20.5. The Hall–Kier alpha value is -0.650. The number of nitrogens with one attached hydrogen (secondary N) is 1. The molecule has 1 aromatic heterocycles. The Kier molecular flexibility index (Phi) is 10.1. The quantitative estimate of drug-likeness (QED) is 0.293. The van der Waals surface area contributed by atoms with Gasteiger partial charge in [0, 0.05) is 12.1 Å². The van der Waals surface area contributed by atoms with E-state index >= 15 is 0 Å². The van der Waals surface area contributed by atoms with Crippen molar-refractivity contribution in [1.29, 1.82) is 0 Å². The van der Waals surface area contributed by atoms with Crippen molar-refractivity contribution in [3.63, 3.8) is 0 Å². The fraction of sp³-hybridized carbons (Fsp3) is 0.562. The van der Waals surface area contributed by atoms with Crippen molar-refractivity contribution in [1.82, 2.24) is 9.71 Å². The van der Waals surface area contributed by atoms with E-state index in [-0.39, 0.29) is 42.5 Å². The minimum Gasteiger partial charge on any atom is -0.488 e. The van der Waals surface area contributed by atoms with E-state index in [1.54, 1.807) is 26.0 Å². The number of benzene rings is 1. The second kappa shape index (κ2) is 11.8.